The van der Waals surface area contributed by atoms with Gasteiger partial charge in [0.05, 0.1) is 16.8 Å². The van der Waals surface area contributed by atoms with Crippen molar-refractivity contribution < 1.29 is 13.2 Å². The summed E-state index contributed by atoms with van der Waals surface area (Å²) in [5.74, 6) is 0. The third-order valence-electron chi connectivity index (χ3n) is 3.00. The molecular formula is C14H11F3N2. The Morgan fingerprint density at radius 2 is 1.79 bits per heavy atom. The van der Waals surface area contributed by atoms with Gasteiger partial charge in [-0.25, -0.2) is 0 Å². The quantitative estimate of drug-likeness (QED) is 0.765. The van der Waals surface area contributed by atoms with Crippen LogP contribution in [0, 0.1) is 25.2 Å². The second-order valence-electron chi connectivity index (χ2n) is 4.25. The van der Waals surface area contributed by atoms with Crippen LogP contribution in [0.15, 0.2) is 30.3 Å². The molecule has 0 amide bonds. The molecule has 0 bridgehead atoms. The lowest BCUT2D eigenvalue weighted by molar-refractivity contribution is -0.137. The number of benzene rings is 1. The van der Waals surface area contributed by atoms with Gasteiger partial charge in [0.1, 0.15) is 6.07 Å². The van der Waals surface area contributed by atoms with Crippen LogP contribution in [0.5, 0.6) is 0 Å². The third kappa shape index (κ3) is 2.22. The fourth-order valence-corrected chi connectivity index (χ4v) is 2.16. The molecule has 0 saturated carbocycles. The van der Waals surface area contributed by atoms with Crippen LogP contribution >= 0.6 is 0 Å². The van der Waals surface area contributed by atoms with Crippen LogP contribution in [0.2, 0.25) is 0 Å². The minimum Gasteiger partial charge on any atom is -0.317 e. The first kappa shape index (κ1) is 13.2. The zero-order valence-corrected chi connectivity index (χ0v) is 10.4. The monoisotopic (exact) mass is 264 g/mol. The Labute approximate surface area is 108 Å². The van der Waals surface area contributed by atoms with Gasteiger partial charge in [-0.2, -0.15) is 18.4 Å². The highest BCUT2D eigenvalue weighted by atomic mass is 19.4. The van der Waals surface area contributed by atoms with Crippen LogP contribution in [0.25, 0.3) is 5.69 Å². The lowest BCUT2D eigenvalue weighted by Gasteiger charge is -2.16. The highest BCUT2D eigenvalue weighted by Gasteiger charge is 2.34. The number of hydrogen-bond donors (Lipinski definition) is 0. The smallest absolute Gasteiger partial charge is 0.317 e. The maximum absolute atomic E-state index is 13.0. The first-order chi connectivity index (χ1) is 8.86. The topological polar surface area (TPSA) is 28.7 Å². The van der Waals surface area contributed by atoms with Gasteiger partial charge in [0.25, 0.3) is 0 Å². The van der Waals surface area contributed by atoms with Crippen LogP contribution in [0.3, 0.4) is 0 Å². The number of aromatic nitrogens is 1. The van der Waals surface area contributed by atoms with E-state index in [0.29, 0.717) is 17.0 Å². The average Bonchev–Trinajstić information content (AvgIpc) is 2.63. The van der Waals surface area contributed by atoms with E-state index in [1.165, 1.54) is 16.7 Å². The molecule has 0 unspecified atom stereocenters. The Kier molecular flexibility index (Phi) is 3.11. The second-order valence-corrected chi connectivity index (χ2v) is 4.25. The van der Waals surface area contributed by atoms with Crippen LogP contribution < -0.4 is 0 Å². The fraction of sp³-hybridized carbons (Fsp3) is 0.214. The van der Waals surface area contributed by atoms with Gasteiger partial charge < -0.3 is 4.57 Å². The van der Waals surface area contributed by atoms with Gasteiger partial charge in [-0.3, -0.25) is 0 Å². The van der Waals surface area contributed by atoms with Gasteiger partial charge in [0, 0.05) is 11.4 Å². The number of para-hydroxylation sites is 1. The summed E-state index contributed by atoms with van der Waals surface area (Å²) in [7, 11) is 0. The number of alkyl halides is 3. The molecule has 0 radical (unpaired) electrons. The Morgan fingerprint density at radius 3 is 2.32 bits per heavy atom. The van der Waals surface area contributed by atoms with E-state index >= 15 is 0 Å². The van der Waals surface area contributed by atoms with Crippen molar-refractivity contribution in [1.29, 1.82) is 5.26 Å². The Hall–Kier alpha value is -2.22. The minimum atomic E-state index is -4.42. The van der Waals surface area contributed by atoms with Crippen LogP contribution in [-0.2, 0) is 6.18 Å². The fourth-order valence-electron chi connectivity index (χ4n) is 2.16. The minimum absolute atomic E-state index is 0.0477. The molecule has 1 aromatic heterocycles. The largest absolute Gasteiger partial charge is 0.418 e. The van der Waals surface area contributed by atoms with Crippen molar-refractivity contribution in [3.63, 3.8) is 0 Å². The van der Waals surface area contributed by atoms with Crippen LogP contribution in [0.4, 0.5) is 13.2 Å². The summed E-state index contributed by atoms with van der Waals surface area (Å²) in [6.45, 7) is 3.32. The van der Waals surface area contributed by atoms with E-state index in [-0.39, 0.29) is 5.69 Å². The number of nitrogens with zero attached hydrogens (tertiary/aromatic N) is 2. The summed E-state index contributed by atoms with van der Waals surface area (Å²) in [5.41, 5.74) is 0.838. The Bertz CT molecular complexity index is 660. The number of nitriles is 1. The van der Waals surface area contributed by atoms with Crippen molar-refractivity contribution >= 4 is 0 Å². The van der Waals surface area contributed by atoms with Crippen molar-refractivity contribution in [3.8, 4) is 11.8 Å². The summed E-state index contributed by atoms with van der Waals surface area (Å²) < 4.78 is 40.5. The zero-order valence-electron chi connectivity index (χ0n) is 10.4. The maximum Gasteiger partial charge on any atom is 0.418 e. The molecule has 2 rings (SSSR count). The van der Waals surface area contributed by atoms with Crippen molar-refractivity contribution in [2.24, 2.45) is 0 Å². The molecular weight excluding hydrogens is 253 g/mol. The molecule has 98 valence electrons. The molecule has 1 heterocycles. The molecule has 2 nitrogen and oxygen atoms in total. The van der Waals surface area contributed by atoms with E-state index in [9.17, 15) is 13.2 Å². The first-order valence-corrected chi connectivity index (χ1v) is 5.62. The van der Waals surface area contributed by atoms with Crippen molar-refractivity contribution in [1.82, 2.24) is 4.57 Å². The third-order valence-corrected chi connectivity index (χ3v) is 3.00. The molecule has 0 atom stereocenters. The number of hydrogen-bond acceptors (Lipinski definition) is 1. The van der Waals surface area contributed by atoms with Gasteiger partial charge >= 0.3 is 6.18 Å². The molecule has 0 spiro atoms. The molecule has 0 N–H and O–H groups in total. The van der Waals surface area contributed by atoms with Gasteiger partial charge in [0.2, 0.25) is 0 Å². The van der Waals surface area contributed by atoms with E-state index in [0.717, 1.165) is 6.07 Å². The summed E-state index contributed by atoms with van der Waals surface area (Å²) in [6.07, 6.45) is -4.42. The first-order valence-electron chi connectivity index (χ1n) is 5.62. The lowest BCUT2D eigenvalue weighted by Crippen LogP contribution is -2.12. The number of aryl methyl sites for hydroxylation is 1. The van der Waals surface area contributed by atoms with Crippen molar-refractivity contribution in [2.45, 2.75) is 20.0 Å². The molecule has 0 fully saturated rings. The molecule has 1 aromatic carbocycles. The molecule has 19 heavy (non-hydrogen) atoms. The normalized spacial score (nSPS) is 11.4. The van der Waals surface area contributed by atoms with E-state index in [1.807, 2.05) is 6.07 Å². The predicted octanol–water partition coefficient (Wildman–Crippen LogP) is 3.98. The van der Waals surface area contributed by atoms with E-state index < -0.39 is 11.7 Å². The van der Waals surface area contributed by atoms with Gasteiger partial charge in [0.15, 0.2) is 0 Å². The van der Waals surface area contributed by atoms with Gasteiger partial charge in [-0.15, -0.1) is 0 Å². The molecule has 0 aliphatic carbocycles. The second kappa shape index (κ2) is 4.47. The maximum atomic E-state index is 13.0. The molecule has 0 aliphatic rings. The highest BCUT2D eigenvalue weighted by molar-refractivity contribution is 5.50. The summed E-state index contributed by atoms with van der Waals surface area (Å²) >= 11 is 0. The SMILES string of the molecule is Cc1cc(C#N)c(C)n1-c1ccccc1C(F)(F)F. The van der Waals surface area contributed by atoms with Crippen molar-refractivity contribution in [3.05, 3.63) is 52.8 Å². The standard InChI is InChI=1S/C14H11F3N2/c1-9-7-11(8-18)10(2)19(9)13-6-4-3-5-12(13)14(15,16)17/h3-7H,1-2H3. The average molecular weight is 264 g/mol. The highest BCUT2D eigenvalue weighted by Crippen LogP contribution is 2.35. The van der Waals surface area contributed by atoms with Crippen LogP contribution in [0.1, 0.15) is 22.5 Å². The summed E-state index contributed by atoms with van der Waals surface area (Å²) in [6, 6.07) is 8.92. The van der Waals surface area contributed by atoms with Gasteiger partial charge in [-0.1, -0.05) is 12.1 Å². The van der Waals surface area contributed by atoms with E-state index in [1.54, 1.807) is 26.0 Å². The Balaban J connectivity index is 2.74. The number of halogens is 3. The van der Waals surface area contributed by atoms with E-state index in [2.05, 4.69) is 0 Å². The summed E-state index contributed by atoms with van der Waals surface area (Å²) in [4.78, 5) is 0. The van der Waals surface area contributed by atoms with E-state index in [4.69, 9.17) is 5.26 Å². The molecule has 0 saturated heterocycles. The van der Waals surface area contributed by atoms with Crippen molar-refractivity contribution in [2.75, 3.05) is 0 Å². The lowest BCUT2D eigenvalue weighted by atomic mass is 10.1. The van der Waals surface area contributed by atoms with Crippen LogP contribution in [-0.4, -0.2) is 4.57 Å². The number of rotatable bonds is 1. The molecule has 5 heteroatoms. The van der Waals surface area contributed by atoms with Gasteiger partial charge in [-0.05, 0) is 32.0 Å². The predicted molar refractivity (Wildman–Crippen MR) is 65.0 cm³/mol. The molecule has 0 aliphatic heterocycles. The zero-order chi connectivity index (χ0) is 14.2. The Morgan fingerprint density at radius 1 is 1.16 bits per heavy atom. The summed E-state index contributed by atoms with van der Waals surface area (Å²) in [5, 5.41) is 8.95. The molecule has 2 aromatic rings.